The molecule has 6 heteroatoms. The van der Waals surface area contributed by atoms with Gasteiger partial charge in [-0.2, -0.15) is 0 Å². The number of methoxy groups -OCH3 is 1. The van der Waals surface area contributed by atoms with Crippen LogP contribution in [0.25, 0.3) is 0 Å². The average molecular weight is 297 g/mol. The summed E-state index contributed by atoms with van der Waals surface area (Å²) >= 11 is 1.45. The first-order chi connectivity index (χ1) is 9.61. The van der Waals surface area contributed by atoms with Crippen molar-refractivity contribution in [3.05, 3.63) is 24.3 Å². The Labute approximate surface area is 122 Å². The minimum atomic E-state index is -0.592. The van der Waals surface area contributed by atoms with Crippen molar-refractivity contribution < 1.29 is 19.4 Å². The highest BCUT2D eigenvalue weighted by molar-refractivity contribution is 8.00. The summed E-state index contributed by atoms with van der Waals surface area (Å²) in [6.45, 7) is 0.693. The van der Waals surface area contributed by atoms with Crippen molar-refractivity contribution in [2.75, 3.05) is 33.1 Å². The summed E-state index contributed by atoms with van der Waals surface area (Å²) in [5, 5.41) is 9.72. The summed E-state index contributed by atoms with van der Waals surface area (Å²) in [7, 11) is 3.32. The summed E-state index contributed by atoms with van der Waals surface area (Å²) in [5.41, 5.74) is 0. The lowest BCUT2D eigenvalue weighted by Gasteiger charge is -2.25. The highest BCUT2D eigenvalue weighted by atomic mass is 32.2. The maximum Gasteiger partial charge on any atom is 0.233 e. The van der Waals surface area contributed by atoms with E-state index in [4.69, 9.17) is 9.47 Å². The van der Waals surface area contributed by atoms with E-state index in [0.717, 1.165) is 10.6 Å². The molecule has 2 rings (SSSR count). The number of hydrogen-bond donors (Lipinski definition) is 1. The molecule has 5 nitrogen and oxygen atoms in total. The van der Waals surface area contributed by atoms with Gasteiger partial charge < -0.3 is 19.5 Å². The monoisotopic (exact) mass is 297 g/mol. The Balaban J connectivity index is 1.88. The van der Waals surface area contributed by atoms with Crippen molar-refractivity contribution in [3.63, 3.8) is 0 Å². The van der Waals surface area contributed by atoms with Crippen molar-refractivity contribution >= 4 is 17.7 Å². The number of carbonyl (C=O) groups is 1. The number of nitrogens with zero attached hydrogens (tertiary/aromatic N) is 1. The van der Waals surface area contributed by atoms with Crippen molar-refractivity contribution in [2.45, 2.75) is 17.0 Å². The normalized spacial score (nSPS) is 21.8. The molecule has 1 fully saturated rings. The molecular formula is C14H19NO4S. The van der Waals surface area contributed by atoms with Crippen molar-refractivity contribution in [1.29, 1.82) is 0 Å². The van der Waals surface area contributed by atoms with E-state index >= 15 is 0 Å². The molecule has 1 N–H and O–H groups in total. The molecule has 1 aromatic rings. The van der Waals surface area contributed by atoms with E-state index < -0.39 is 6.10 Å². The molecule has 0 bridgehead atoms. The lowest BCUT2D eigenvalue weighted by Crippen LogP contribution is -2.44. The molecule has 0 radical (unpaired) electrons. The van der Waals surface area contributed by atoms with Gasteiger partial charge in [-0.1, -0.05) is 6.07 Å². The van der Waals surface area contributed by atoms with Crippen molar-refractivity contribution in [1.82, 2.24) is 4.90 Å². The Hall–Kier alpha value is -1.24. The number of carbonyl (C=O) groups excluding carboxylic acids is 1. The van der Waals surface area contributed by atoms with E-state index in [1.165, 1.54) is 11.8 Å². The number of aliphatic hydroxyl groups is 1. The number of thioether (sulfide) groups is 1. The van der Waals surface area contributed by atoms with Crippen LogP contribution in [0.1, 0.15) is 0 Å². The van der Waals surface area contributed by atoms with Crippen molar-refractivity contribution in [2.24, 2.45) is 0 Å². The number of hydrogen-bond acceptors (Lipinski definition) is 5. The highest BCUT2D eigenvalue weighted by Gasteiger charge is 2.32. The van der Waals surface area contributed by atoms with Gasteiger partial charge in [-0.05, 0) is 18.2 Å². The molecule has 0 unspecified atom stereocenters. The number of ether oxygens (including phenoxy) is 2. The van der Waals surface area contributed by atoms with Crippen LogP contribution in [-0.2, 0) is 9.53 Å². The number of amides is 1. The van der Waals surface area contributed by atoms with Crippen LogP contribution in [0.3, 0.4) is 0 Å². The second kappa shape index (κ2) is 6.97. The van der Waals surface area contributed by atoms with Gasteiger partial charge in [-0.25, -0.2) is 0 Å². The first-order valence-corrected chi connectivity index (χ1v) is 7.38. The van der Waals surface area contributed by atoms with Gasteiger partial charge in [0.2, 0.25) is 5.91 Å². The second-order valence-electron chi connectivity index (χ2n) is 4.64. The smallest absolute Gasteiger partial charge is 0.233 e. The summed E-state index contributed by atoms with van der Waals surface area (Å²) in [6, 6.07) is 7.35. The predicted octanol–water partition coefficient (Wildman–Crippen LogP) is 1.01. The van der Waals surface area contributed by atoms with Gasteiger partial charge >= 0.3 is 0 Å². The molecule has 1 aromatic carbocycles. The maximum atomic E-state index is 12.1. The second-order valence-corrected chi connectivity index (χ2v) is 5.69. The Kier molecular flexibility index (Phi) is 5.28. The number of rotatable bonds is 5. The van der Waals surface area contributed by atoms with E-state index in [-0.39, 0.29) is 11.9 Å². The minimum Gasteiger partial charge on any atom is -0.497 e. The van der Waals surface area contributed by atoms with Crippen LogP contribution < -0.4 is 4.74 Å². The largest absolute Gasteiger partial charge is 0.497 e. The summed E-state index contributed by atoms with van der Waals surface area (Å²) in [5.74, 6) is 1.08. The lowest BCUT2D eigenvalue weighted by molar-refractivity contribution is -0.130. The molecule has 0 aliphatic carbocycles. The van der Waals surface area contributed by atoms with Gasteiger partial charge in [-0.15, -0.1) is 11.8 Å². The Morgan fingerprint density at radius 2 is 2.35 bits per heavy atom. The zero-order valence-corrected chi connectivity index (χ0v) is 12.4. The number of benzene rings is 1. The first-order valence-electron chi connectivity index (χ1n) is 6.40. The van der Waals surface area contributed by atoms with Crippen LogP contribution in [-0.4, -0.2) is 61.2 Å². The molecule has 1 heterocycles. The topological polar surface area (TPSA) is 59.0 Å². The van der Waals surface area contributed by atoms with Gasteiger partial charge in [0.1, 0.15) is 5.75 Å². The fourth-order valence-electron chi connectivity index (χ4n) is 2.02. The molecule has 2 atom stereocenters. The van der Waals surface area contributed by atoms with Crippen molar-refractivity contribution in [3.8, 4) is 5.75 Å². The van der Waals surface area contributed by atoms with Gasteiger partial charge in [0, 0.05) is 11.9 Å². The summed E-state index contributed by atoms with van der Waals surface area (Å²) < 4.78 is 10.3. The molecule has 1 saturated heterocycles. The van der Waals surface area contributed by atoms with Crippen LogP contribution in [0.5, 0.6) is 5.75 Å². The van der Waals surface area contributed by atoms with Crippen LogP contribution in [0.15, 0.2) is 29.2 Å². The fraction of sp³-hybridized carbons (Fsp3) is 0.500. The Bertz CT molecular complexity index is 468. The van der Waals surface area contributed by atoms with E-state index in [0.29, 0.717) is 19.0 Å². The van der Waals surface area contributed by atoms with Gasteiger partial charge in [0.05, 0.1) is 38.2 Å². The highest BCUT2D eigenvalue weighted by Crippen LogP contribution is 2.23. The molecule has 110 valence electrons. The Morgan fingerprint density at radius 1 is 1.55 bits per heavy atom. The van der Waals surface area contributed by atoms with Gasteiger partial charge in [0.15, 0.2) is 0 Å². The molecule has 1 amide bonds. The summed E-state index contributed by atoms with van der Waals surface area (Å²) in [6.07, 6.45) is -0.592. The number of aliphatic hydroxyl groups excluding tert-OH is 1. The van der Waals surface area contributed by atoms with Gasteiger partial charge in [0.25, 0.3) is 0 Å². The van der Waals surface area contributed by atoms with E-state index in [9.17, 15) is 9.90 Å². The molecule has 20 heavy (non-hydrogen) atoms. The first kappa shape index (κ1) is 15.2. The average Bonchev–Trinajstić information content (AvgIpc) is 2.90. The van der Waals surface area contributed by atoms with E-state index in [2.05, 4.69) is 0 Å². The van der Waals surface area contributed by atoms with E-state index in [1.54, 1.807) is 19.1 Å². The molecule has 0 aromatic heterocycles. The predicted molar refractivity (Wildman–Crippen MR) is 77.1 cm³/mol. The minimum absolute atomic E-state index is 0.0210. The molecular weight excluding hydrogens is 278 g/mol. The van der Waals surface area contributed by atoms with E-state index in [1.807, 2.05) is 24.3 Å². The molecule has 1 aliphatic rings. The Morgan fingerprint density at radius 3 is 3.00 bits per heavy atom. The van der Waals surface area contributed by atoms with Crippen LogP contribution in [0, 0.1) is 0 Å². The quantitative estimate of drug-likeness (QED) is 0.822. The zero-order valence-electron chi connectivity index (χ0n) is 11.6. The zero-order chi connectivity index (χ0) is 14.5. The van der Waals surface area contributed by atoms with Gasteiger partial charge in [-0.3, -0.25) is 4.79 Å². The van der Waals surface area contributed by atoms with Crippen LogP contribution in [0.2, 0.25) is 0 Å². The molecule has 0 spiro atoms. The number of likely N-dealkylation sites (N-methyl/N-ethyl adjacent to an activating group) is 1. The van der Waals surface area contributed by atoms with Crippen LogP contribution >= 0.6 is 11.8 Å². The lowest BCUT2D eigenvalue weighted by atomic mass is 10.2. The molecule has 1 aliphatic heterocycles. The van der Waals surface area contributed by atoms with Crippen LogP contribution in [0.4, 0.5) is 0 Å². The molecule has 0 saturated carbocycles. The fourth-order valence-corrected chi connectivity index (χ4v) is 2.89. The standard InChI is InChI=1S/C14H19NO4S/c1-15(12-7-19-8-13(12)16)14(17)9-20-11-5-3-4-10(6-11)18-2/h3-6,12-13,16H,7-9H2,1-2H3/t12-,13-/m1/s1. The summed E-state index contributed by atoms with van der Waals surface area (Å²) in [4.78, 5) is 14.7. The third kappa shape index (κ3) is 3.65. The SMILES string of the molecule is COc1cccc(SCC(=O)N(C)[C@@H]2COC[C@H]2O)c1. The third-order valence-electron chi connectivity index (χ3n) is 3.32. The third-order valence-corrected chi connectivity index (χ3v) is 4.29. The maximum absolute atomic E-state index is 12.1.